The van der Waals surface area contributed by atoms with E-state index in [0.29, 0.717) is 83.7 Å². The number of hydrogen-bond acceptors (Lipinski definition) is 16. The molecule has 2 fully saturated rings. The van der Waals surface area contributed by atoms with Crippen LogP contribution in [0.25, 0.3) is 22.6 Å². The number of nitrogens with two attached hydrogens (primary N) is 1. The Kier molecular flexibility index (Phi) is 12.0. The molecule has 18 nitrogen and oxygen atoms in total. The molecule has 1 aliphatic carbocycles. The van der Waals surface area contributed by atoms with Gasteiger partial charge in [-0.05, 0) is 70.7 Å². The van der Waals surface area contributed by atoms with Crippen molar-refractivity contribution in [3.05, 3.63) is 62.8 Å². The van der Waals surface area contributed by atoms with E-state index in [9.17, 15) is 19.6 Å². The molecule has 19 heteroatoms. The third-order valence-electron chi connectivity index (χ3n) is 11.7. The summed E-state index contributed by atoms with van der Waals surface area (Å²) >= 11 is 1.48. The van der Waals surface area contributed by atoms with E-state index in [1.807, 2.05) is 6.92 Å². The van der Waals surface area contributed by atoms with Crippen LogP contribution in [0.5, 0.6) is 5.75 Å². The summed E-state index contributed by atoms with van der Waals surface area (Å²) in [5.41, 5.74) is 8.52. The van der Waals surface area contributed by atoms with E-state index in [2.05, 4.69) is 38.3 Å². The van der Waals surface area contributed by atoms with Gasteiger partial charge < -0.3 is 29.4 Å². The molecule has 60 heavy (non-hydrogen) atoms. The number of amides is 2. The molecule has 0 bridgehead atoms. The van der Waals surface area contributed by atoms with Crippen LogP contribution in [0.3, 0.4) is 0 Å². The van der Waals surface area contributed by atoms with Crippen molar-refractivity contribution in [1.29, 1.82) is 5.26 Å². The quantitative estimate of drug-likeness (QED) is 0.121. The molecular weight excluding hydrogens is 791 g/mol. The number of carbonyl (C=O) groups excluding carboxylic acids is 2. The van der Waals surface area contributed by atoms with Gasteiger partial charge in [-0.3, -0.25) is 28.9 Å². The van der Waals surface area contributed by atoms with Gasteiger partial charge in [0.05, 0.1) is 48.4 Å². The number of aromatic nitrogens is 6. The molecule has 5 aromatic rings. The fourth-order valence-electron chi connectivity index (χ4n) is 8.62. The Bertz CT molecular complexity index is 2490. The van der Waals surface area contributed by atoms with Crippen LogP contribution in [0.4, 0.5) is 10.9 Å². The maximum atomic E-state index is 13.0. The lowest BCUT2D eigenvalue weighted by molar-refractivity contribution is -0.135. The van der Waals surface area contributed by atoms with Crippen LogP contribution in [0, 0.1) is 11.3 Å². The Morgan fingerprint density at radius 3 is 2.68 bits per heavy atom. The predicted octanol–water partition coefficient (Wildman–Crippen LogP) is 3.33. The van der Waals surface area contributed by atoms with E-state index in [1.165, 1.54) is 20.5 Å². The molecular formula is C41H49N11O7S. The number of imide groups is 1. The lowest BCUT2D eigenvalue weighted by atomic mass is 9.72. The van der Waals surface area contributed by atoms with Gasteiger partial charge in [-0.25, -0.2) is 14.8 Å². The van der Waals surface area contributed by atoms with Crippen LogP contribution in [0.1, 0.15) is 73.9 Å². The highest BCUT2D eigenvalue weighted by atomic mass is 32.1. The Hall–Kier alpha value is -5.68. The van der Waals surface area contributed by atoms with Gasteiger partial charge in [0.25, 0.3) is 0 Å². The number of anilines is 2. The monoisotopic (exact) mass is 839 g/mol. The van der Waals surface area contributed by atoms with Gasteiger partial charge in [-0.2, -0.15) is 10.2 Å². The normalized spacial score (nSPS) is 21.1. The van der Waals surface area contributed by atoms with Gasteiger partial charge in [-0.15, -0.1) is 11.3 Å². The van der Waals surface area contributed by atoms with Crippen molar-refractivity contribution in [2.45, 2.75) is 69.9 Å². The standard InChI is InChI=1S/C41H49N11O7S/c1-25-24-50(16-17-56-18-19-57-20-21-58-26-7-8-29-31(22-26)49(3)40(55)52(29)30-9-10-33(53)46-37(30)54)14-5-15-51(25)39-44-13-11-28(45-39)36-47-38(59-48-36)41(2)12-4-6-32-34(41)27(23-42)35(43)60-32/h7-8,11,13,22,25,30H,4-6,9-10,12,14-21,24,43H2,1-3H3,(H,46,53,54)/t25-,30?,41-/m0/s1. The van der Waals surface area contributed by atoms with Gasteiger partial charge in [0, 0.05) is 61.8 Å². The Morgan fingerprint density at radius 1 is 1.05 bits per heavy atom. The number of nitriles is 1. The SMILES string of the molecule is C[C@H]1CN(CCOCCOCCOc2ccc3c(c2)n(C)c(=O)n3C2CCC(=O)NC2=O)CCCN1c1nccc(-c2noc([C@@]3(C)CCCc4sc(N)c(C#N)c43)n2)n1. The fraction of sp³-hybridized carbons (Fsp3) is 0.512. The van der Waals surface area contributed by atoms with Gasteiger partial charge in [0.2, 0.25) is 29.5 Å². The molecule has 0 radical (unpaired) electrons. The summed E-state index contributed by atoms with van der Waals surface area (Å²) in [7, 11) is 1.65. The van der Waals surface area contributed by atoms with Gasteiger partial charge in [-0.1, -0.05) is 5.16 Å². The highest BCUT2D eigenvalue weighted by Crippen LogP contribution is 2.48. The molecule has 2 aliphatic heterocycles. The number of piperidine rings is 1. The number of nitrogens with zero attached hydrogens (tertiary/aromatic N) is 9. The number of nitrogens with one attached hydrogen (secondary N) is 1. The smallest absolute Gasteiger partial charge is 0.329 e. The first kappa shape index (κ1) is 41.1. The predicted molar refractivity (Wildman–Crippen MR) is 222 cm³/mol. The van der Waals surface area contributed by atoms with Crippen molar-refractivity contribution in [3.63, 3.8) is 0 Å². The van der Waals surface area contributed by atoms with Crippen molar-refractivity contribution >= 4 is 45.1 Å². The number of imidazole rings is 1. The Morgan fingerprint density at radius 2 is 1.87 bits per heavy atom. The van der Waals surface area contributed by atoms with Gasteiger partial charge in [0.15, 0.2) is 0 Å². The van der Waals surface area contributed by atoms with Crippen molar-refractivity contribution in [2.75, 3.05) is 69.8 Å². The van der Waals surface area contributed by atoms with Crippen LogP contribution in [0.2, 0.25) is 0 Å². The number of benzene rings is 1. The van der Waals surface area contributed by atoms with Crippen molar-refractivity contribution < 1.29 is 28.3 Å². The molecule has 3 atom stereocenters. The molecule has 1 unspecified atom stereocenters. The molecule has 0 spiro atoms. The van der Waals surface area contributed by atoms with Gasteiger partial charge >= 0.3 is 5.69 Å². The summed E-state index contributed by atoms with van der Waals surface area (Å²) < 4.78 is 26.3. The fourth-order valence-corrected chi connectivity index (χ4v) is 9.81. The number of ether oxygens (including phenoxy) is 3. The summed E-state index contributed by atoms with van der Waals surface area (Å²) in [6.45, 7) is 9.69. The molecule has 2 saturated heterocycles. The minimum atomic E-state index is -0.737. The minimum Gasteiger partial charge on any atom is -0.491 e. The summed E-state index contributed by atoms with van der Waals surface area (Å²) in [6.07, 6.45) is 5.72. The average molecular weight is 840 g/mol. The van der Waals surface area contributed by atoms with Crippen LogP contribution < -0.4 is 26.4 Å². The highest BCUT2D eigenvalue weighted by Gasteiger charge is 2.43. The molecule has 2 amide bonds. The Labute approximate surface area is 350 Å². The van der Waals surface area contributed by atoms with E-state index < -0.39 is 17.4 Å². The van der Waals surface area contributed by atoms with Crippen molar-refractivity contribution in [3.8, 4) is 23.3 Å². The number of nitrogen functional groups attached to an aromatic ring is 1. The zero-order valence-corrected chi connectivity index (χ0v) is 34.8. The zero-order chi connectivity index (χ0) is 42.0. The lowest BCUT2D eigenvalue weighted by Crippen LogP contribution is -2.44. The lowest BCUT2D eigenvalue weighted by Gasteiger charge is -2.30. The summed E-state index contributed by atoms with van der Waals surface area (Å²) in [4.78, 5) is 57.1. The van der Waals surface area contributed by atoms with E-state index in [0.717, 1.165) is 62.3 Å². The topological polar surface area (TPSA) is 222 Å². The zero-order valence-electron chi connectivity index (χ0n) is 34.0. The van der Waals surface area contributed by atoms with E-state index >= 15 is 0 Å². The third-order valence-corrected chi connectivity index (χ3v) is 12.8. The number of fused-ring (bicyclic) bond motifs is 2. The van der Waals surface area contributed by atoms with Crippen molar-refractivity contribution in [2.24, 2.45) is 7.05 Å². The first-order chi connectivity index (χ1) is 29.0. The number of rotatable bonds is 14. The van der Waals surface area contributed by atoms with Crippen LogP contribution in [-0.2, 0) is 37.9 Å². The van der Waals surface area contributed by atoms with Crippen LogP contribution in [0.15, 0.2) is 39.8 Å². The molecule has 1 aromatic carbocycles. The molecule has 316 valence electrons. The number of hydrogen-bond donors (Lipinski definition) is 2. The highest BCUT2D eigenvalue weighted by molar-refractivity contribution is 7.16. The van der Waals surface area contributed by atoms with E-state index in [-0.39, 0.29) is 30.5 Å². The maximum Gasteiger partial charge on any atom is 0.329 e. The second-order valence-electron chi connectivity index (χ2n) is 15.7. The van der Waals surface area contributed by atoms with Crippen LogP contribution >= 0.6 is 11.3 Å². The molecule has 6 heterocycles. The average Bonchev–Trinajstić information content (AvgIpc) is 3.89. The molecule has 3 N–H and O–H groups in total. The second-order valence-corrected chi connectivity index (χ2v) is 16.8. The molecule has 8 rings (SSSR count). The number of carbonyl (C=O) groups is 2. The van der Waals surface area contributed by atoms with E-state index in [1.54, 1.807) is 37.5 Å². The van der Waals surface area contributed by atoms with Crippen molar-refractivity contribution in [1.82, 2.24) is 39.5 Å². The summed E-state index contributed by atoms with van der Waals surface area (Å²) in [6, 6.07) is 8.78. The second kappa shape index (κ2) is 17.5. The molecule has 0 saturated carbocycles. The molecule has 3 aliphatic rings. The maximum absolute atomic E-state index is 13.0. The minimum absolute atomic E-state index is 0.149. The third kappa shape index (κ3) is 8.11. The van der Waals surface area contributed by atoms with E-state index in [4.69, 9.17) is 34.4 Å². The van der Waals surface area contributed by atoms with Crippen LogP contribution in [-0.4, -0.2) is 111 Å². The largest absolute Gasteiger partial charge is 0.491 e. The van der Waals surface area contributed by atoms with Gasteiger partial charge in [0.1, 0.15) is 35.2 Å². The number of thiophene rings is 1. The molecule has 4 aromatic heterocycles. The Balaban J connectivity index is 0.770. The first-order valence-electron chi connectivity index (χ1n) is 20.4. The summed E-state index contributed by atoms with van der Waals surface area (Å²) in [5, 5.41) is 17.1. The first-order valence-corrected chi connectivity index (χ1v) is 21.2. The summed E-state index contributed by atoms with van der Waals surface area (Å²) in [5.74, 6) is 1.24. The number of aryl methyl sites for hydroxylation is 2.